The van der Waals surface area contributed by atoms with Gasteiger partial charge in [-0.15, -0.1) is 0 Å². The summed E-state index contributed by atoms with van der Waals surface area (Å²) in [5.74, 6) is 1.13. The van der Waals surface area contributed by atoms with Crippen molar-refractivity contribution in [3.63, 3.8) is 0 Å². The number of hydrogen-bond acceptors (Lipinski definition) is 3. The first-order chi connectivity index (χ1) is 6.77. The molecule has 0 fully saturated rings. The van der Waals surface area contributed by atoms with Crippen molar-refractivity contribution in [2.45, 2.75) is 6.17 Å². The Kier molecular flexibility index (Phi) is 4.19. The second kappa shape index (κ2) is 5.44. The summed E-state index contributed by atoms with van der Waals surface area (Å²) in [5, 5.41) is 0. The predicted molar refractivity (Wildman–Crippen MR) is 52.4 cm³/mol. The van der Waals surface area contributed by atoms with E-state index in [1.54, 1.807) is 18.2 Å². The monoisotopic (exact) mass is 199 g/mol. The molecule has 0 radical (unpaired) electrons. The van der Waals surface area contributed by atoms with Gasteiger partial charge in [0.1, 0.15) is 12.8 Å². The van der Waals surface area contributed by atoms with Gasteiger partial charge in [-0.05, 0) is 12.1 Å². The van der Waals surface area contributed by atoms with Gasteiger partial charge in [0.15, 0.2) is 11.5 Å². The number of alkyl halides is 1. The highest BCUT2D eigenvalue weighted by Crippen LogP contribution is 2.25. The van der Waals surface area contributed by atoms with Gasteiger partial charge in [-0.1, -0.05) is 12.1 Å². The zero-order valence-corrected chi connectivity index (χ0v) is 8.07. The highest BCUT2D eigenvalue weighted by Gasteiger charge is 2.07. The highest BCUT2D eigenvalue weighted by molar-refractivity contribution is 5.39. The van der Waals surface area contributed by atoms with E-state index in [0.29, 0.717) is 11.5 Å². The first kappa shape index (κ1) is 10.8. The maximum Gasteiger partial charge on any atom is 0.161 e. The first-order valence-corrected chi connectivity index (χ1v) is 4.38. The largest absolute Gasteiger partial charge is 0.493 e. The van der Waals surface area contributed by atoms with Gasteiger partial charge >= 0.3 is 0 Å². The molecular weight excluding hydrogens is 185 g/mol. The Morgan fingerprint density at radius 3 is 2.57 bits per heavy atom. The average Bonchev–Trinajstić information content (AvgIpc) is 2.26. The molecule has 0 heterocycles. The number of benzene rings is 1. The molecule has 0 aliphatic carbocycles. The summed E-state index contributed by atoms with van der Waals surface area (Å²) in [6.07, 6.45) is -1.14. The van der Waals surface area contributed by atoms with Crippen LogP contribution < -0.4 is 15.2 Å². The SMILES string of the molecule is COc1ccccc1OCC(F)CN. The molecule has 3 nitrogen and oxygen atoms in total. The van der Waals surface area contributed by atoms with E-state index in [2.05, 4.69) is 0 Å². The lowest BCUT2D eigenvalue weighted by Gasteiger charge is -2.11. The Morgan fingerprint density at radius 1 is 1.36 bits per heavy atom. The van der Waals surface area contributed by atoms with Gasteiger partial charge in [0.2, 0.25) is 0 Å². The molecule has 2 N–H and O–H groups in total. The summed E-state index contributed by atoms with van der Waals surface area (Å²) in [4.78, 5) is 0. The van der Waals surface area contributed by atoms with Crippen molar-refractivity contribution in [2.75, 3.05) is 20.3 Å². The smallest absolute Gasteiger partial charge is 0.161 e. The molecule has 1 unspecified atom stereocenters. The van der Waals surface area contributed by atoms with Crippen molar-refractivity contribution in [1.29, 1.82) is 0 Å². The topological polar surface area (TPSA) is 44.5 Å². The fourth-order valence-electron chi connectivity index (χ4n) is 0.986. The minimum Gasteiger partial charge on any atom is -0.493 e. The van der Waals surface area contributed by atoms with Gasteiger partial charge in [0.05, 0.1) is 7.11 Å². The van der Waals surface area contributed by atoms with Gasteiger partial charge in [-0.3, -0.25) is 0 Å². The quantitative estimate of drug-likeness (QED) is 0.779. The van der Waals surface area contributed by atoms with Crippen LogP contribution >= 0.6 is 0 Å². The van der Waals surface area contributed by atoms with E-state index in [-0.39, 0.29) is 13.2 Å². The molecule has 4 heteroatoms. The van der Waals surface area contributed by atoms with E-state index in [0.717, 1.165) is 0 Å². The third-order valence-electron chi connectivity index (χ3n) is 1.74. The van der Waals surface area contributed by atoms with Crippen molar-refractivity contribution in [2.24, 2.45) is 5.73 Å². The van der Waals surface area contributed by atoms with Crippen LogP contribution in [0.15, 0.2) is 24.3 Å². The number of methoxy groups -OCH3 is 1. The van der Waals surface area contributed by atoms with Crippen LogP contribution in [0.2, 0.25) is 0 Å². The number of hydrogen-bond donors (Lipinski definition) is 1. The summed E-state index contributed by atoms with van der Waals surface area (Å²) >= 11 is 0. The van der Waals surface area contributed by atoms with Crippen LogP contribution in [0.3, 0.4) is 0 Å². The number of rotatable bonds is 5. The van der Waals surface area contributed by atoms with Crippen LogP contribution in [0.25, 0.3) is 0 Å². The van der Waals surface area contributed by atoms with E-state index in [1.807, 2.05) is 6.07 Å². The molecule has 0 amide bonds. The maximum absolute atomic E-state index is 12.8. The first-order valence-electron chi connectivity index (χ1n) is 4.38. The molecule has 1 aromatic carbocycles. The van der Waals surface area contributed by atoms with E-state index in [1.165, 1.54) is 7.11 Å². The Labute approximate surface area is 82.6 Å². The highest BCUT2D eigenvalue weighted by atomic mass is 19.1. The number of ether oxygens (including phenoxy) is 2. The molecule has 14 heavy (non-hydrogen) atoms. The summed E-state index contributed by atoms with van der Waals surface area (Å²) in [6.45, 7) is -0.0774. The Morgan fingerprint density at radius 2 is 2.00 bits per heavy atom. The third kappa shape index (κ3) is 2.88. The van der Waals surface area contributed by atoms with Crippen LogP contribution in [0, 0.1) is 0 Å². The van der Waals surface area contributed by atoms with Gasteiger partial charge in [-0.2, -0.15) is 0 Å². The second-order valence-electron chi connectivity index (χ2n) is 2.79. The summed E-state index contributed by atoms with van der Waals surface area (Å²) < 4.78 is 23.0. The van der Waals surface area contributed by atoms with E-state index >= 15 is 0 Å². The zero-order valence-electron chi connectivity index (χ0n) is 8.07. The molecule has 1 aromatic rings. The molecule has 0 aliphatic rings. The lowest BCUT2D eigenvalue weighted by Crippen LogP contribution is -2.22. The summed E-state index contributed by atoms with van der Waals surface area (Å²) in [5.41, 5.74) is 5.12. The normalized spacial score (nSPS) is 12.2. The second-order valence-corrected chi connectivity index (χ2v) is 2.79. The van der Waals surface area contributed by atoms with E-state index in [4.69, 9.17) is 15.2 Å². The van der Waals surface area contributed by atoms with Crippen LogP contribution in [0.1, 0.15) is 0 Å². The molecule has 0 saturated heterocycles. The molecule has 0 aliphatic heterocycles. The van der Waals surface area contributed by atoms with Gasteiger partial charge < -0.3 is 15.2 Å². The van der Waals surface area contributed by atoms with Gasteiger partial charge in [-0.25, -0.2) is 4.39 Å². The van der Waals surface area contributed by atoms with Crippen molar-refractivity contribution >= 4 is 0 Å². The average molecular weight is 199 g/mol. The Balaban J connectivity index is 2.57. The van der Waals surface area contributed by atoms with Crippen LogP contribution in [0.5, 0.6) is 11.5 Å². The molecular formula is C10H14FNO2. The Hall–Kier alpha value is -1.29. The maximum atomic E-state index is 12.8. The fraction of sp³-hybridized carbons (Fsp3) is 0.400. The molecule has 0 saturated carbocycles. The van der Waals surface area contributed by atoms with Crippen LogP contribution in [0.4, 0.5) is 4.39 Å². The van der Waals surface area contributed by atoms with Crippen molar-refractivity contribution < 1.29 is 13.9 Å². The third-order valence-corrected chi connectivity index (χ3v) is 1.74. The van der Waals surface area contributed by atoms with Crippen molar-refractivity contribution in [1.82, 2.24) is 0 Å². The lowest BCUT2D eigenvalue weighted by atomic mass is 10.3. The number of nitrogens with two attached hydrogens (primary N) is 1. The zero-order chi connectivity index (χ0) is 10.4. The van der Waals surface area contributed by atoms with Crippen molar-refractivity contribution in [3.8, 4) is 11.5 Å². The van der Waals surface area contributed by atoms with Crippen LogP contribution in [-0.2, 0) is 0 Å². The molecule has 1 atom stereocenters. The standard InChI is InChI=1S/C10H14FNO2/c1-13-9-4-2-3-5-10(9)14-7-8(11)6-12/h2-5,8H,6-7,12H2,1H3. The predicted octanol–water partition coefficient (Wildman–Crippen LogP) is 1.37. The molecule has 1 rings (SSSR count). The van der Waals surface area contributed by atoms with Gasteiger partial charge in [0, 0.05) is 6.54 Å². The minimum absolute atomic E-state index is 0.0326. The minimum atomic E-state index is -1.14. The summed E-state index contributed by atoms with van der Waals surface area (Å²) in [7, 11) is 1.54. The Bertz CT molecular complexity index is 281. The number of para-hydroxylation sites is 2. The number of halogens is 1. The van der Waals surface area contributed by atoms with Crippen molar-refractivity contribution in [3.05, 3.63) is 24.3 Å². The fourth-order valence-corrected chi connectivity index (χ4v) is 0.986. The van der Waals surface area contributed by atoms with E-state index < -0.39 is 6.17 Å². The van der Waals surface area contributed by atoms with Gasteiger partial charge in [0.25, 0.3) is 0 Å². The molecule has 0 spiro atoms. The lowest BCUT2D eigenvalue weighted by molar-refractivity contribution is 0.195. The molecule has 78 valence electrons. The van der Waals surface area contributed by atoms with E-state index in [9.17, 15) is 4.39 Å². The summed E-state index contributed by atoms with van der Waals surface area (Å²) in [6, 6.07) is 7.10. The molecule has 0 aromatic heterocycles. The van der Waals surface area contributed by atoms with Crippen LogP contribution in [-0.4, -0.2) is 26.4 Å². The molecule has 0 bridgehead atoms.